The van der Waals surface area contributed by atoms with Crippen LogP contribution in [0.1, 0.15) is 12.8 Å². The molecule has 0 amide bonds. The van der Waals surface area contributed by atoms with Crippen LogP contribution in [-0.4, -0.2) is 24.2 Å². The molecule has 0 aliphatic carbocycles. The van der Waals surface area contributed by atoms with E-state index in [0.29, 0.717) is 5.82 Å². The Hall–Kier alpha value is -1.16. The molecule has 0 radical (unpaired) electrons. The molecule has 0 aromatic carbocycles. The molecule has 0 unspecified atom stereocenters. The molecule has 14 heavy (non-hydrogen) atoms. The summed E-state index contributed by atoms with van der Waals surface area (Å²) < 4.78 is 18.4. The summed E-state index contributed by atoms with van der Waals surface area (Å²) in [7, 11) is 0. The van der Waals surface area contributed by atoms with Crippen molar-refractivity contribution in [2.45, 2.75) is 18.9 Å². The zero-order valence-electron chi connectivity index (χ0n) is 7.87. The predicted octanol–water partition coefficient (Wildman–Crippen LogP) is 1.81. The molecule has 0 atom stereocenters. The number of nitrogens with one attached hydrogen (secondary N) is 1. The van der Waals surface area contributed by atoms with E-state index in [-0.39, 0.29) is 11.9 Å². The smallest absolute Gasteiger partial charge is 0.165 e. The summed E-state index contributed by atoms with van der Waals surface area (Å²) in [5.74, 6) is 0.0541. The molecule has 3 nitrogen and oxygen atoms in total. The lowest BCUT2D eigenvalue weighted by atomic mass is 10.1. The molecule has 1 N–H and O–H groups in total. The van der Waals surface area contributed by atoms with E-state index in [0.717, 1.165) is 26.1 Å². The van der Waals surface area contributed by atoms with Crippen molar-refractivity contribution in [3.8, 4) is 0 Å². The van der Waals surface area contributed by atoms with Crippen molar-refractivity contribution >= 4 is 5.82 Å². The van der Waals surface area contributed by atoms with Crippen LogP contribution in [0.15, 0.2) is 18.3 Å². The Bertz CT molecular complexity index is 300. The highest BCUT2D eigenvalue weighted by atomic mass is 19.1. The maximum Gasteiger partial charge on any atom is 0.165 e. The number of aromatic nitrogens is 1. The number of pyridine rings is 1. The van der Waals surface area contributed by atoms with E-state index < -0.39 is 0 Å². The van der Waals surface area contributed by atoms with Gasteiger partial charge in [0.05, 0.1) is 0 Å². The molecule has 0 bridgehead atoms. The number of rotatable bonds is 2. The molecule has 0 spiro atoms. The normalized spacial score (nSPS) is 18.1. The summed E-state index contributed by atoms with van der Waals surface area (Å²) in [5, 5.41) is 3.08. The van der Waals surface area contributed by atoms with E-state index in [1.54, 1.807) is 12.3 Å². The molecule has 1 aromatic heterocycles. The first kappa shape index (κ1) is 9.40. The van der Waals surface area contributed by atoms with Crippen LogP contribution in [0.4, 0.5) is 10.2 Å². The molecular formula is C10H13FN2O. The number of ether oxygens (including phenoxy) is 1. The molecule has 1 fully saturated rings. The third-order valence-electron chi connectivity index (χ3n) is 2.32. The third-order valence-corrected chi connectivity index (χ3v) is 2.32. The predicted molar refractivity (Wildman–Crippen MR) is 51.7 cm³/mol. The standard InChI is InChI=1S/C10H13FN2O/c11-9-2-1-5-12-10(9)13-8-3-6-14-7-4-8/h1-2,5,8H,3-4,6-7H2,(H,12,13). The van der Waals surface area contributed by atoms with Crippen molar-refractivity contribution < 1.29 is 9.13 Å². The highest BCUT2D eigenvalue weighted by Gasteiger charge is 2.15. The number of nitrogens with zero attached hydrogens (tertiary/aromatic N) is 1. The third kappa shape index (κ3) is 2.20. The van der Waals surface area contributed by atoms with Crippen LogP contribution in [0.2, 0.25) is 0 Å². The number of halogens is 1. The molecule has 4 heteroatoms. The van der Waals surface area contributed by atoms with Gasteiger partial charge in [-0.1, -0.05) is 0 Å². The first-order valence-corrected chi connectivity index (χ1v) is 4.81. The minimum atomic E-state index is -0.293. The second-order valence-corrected chi connectivity index (χ2v) is 3.36. The lowest BCUT2D eigenvalue weighted by molar-refractivity contribution is 0.0903. The Morgan fingerprint density at radius 2 is 2.21 bits per heavy atom. The summed E-state index contributed by atoms with van der Waals surface area (Å²) in [4.78, 5) is 3.95. The van der Waals surface area contributed by atoms with E-state index in [1.165, 1.54) is 6.07 Å². The first-order valence-electron chi connectivity index (χ1n) is 4.81. The summed E-state index contributed by atoms with van der Waals surface area (Å²) in [6.45, 7) is 1.48. The average Bonchev–Trinajstić information content (AvgIpc) is 2.23. The fourth-order valence-corrected chi connectivity index (χ4v) is 1.53. The lowest BCUT2D eigenvalue weighted by Crippen LogP contribution is -2.28. The zero-order valence-corrected chi connectivity index (χ0v) is 7.87. The Balaban J connectivity index is 1.99. The monoisotopic (exact) mass is 196 g/mol. The van der Waals surface area contributed by atoms with Crippen molar-refractivity contribution in [3.05, 3.63) is 24.1 Å². The van der Waals surface area contributed by atoms with Gasteiger partial charge in [0.2, 0.25) is 0 Å². The fraction of sp³-hybridized carbons (Fsp3) is 0.500. The van der Waals surface area contributed by atoms with E-state index in [4.69, 9.17) is 4.74 Å². The summed E-state index contributed by atoms with van der Waals surface area (Å²) in [6.07, 6.45) is 3.41. The van der Waals surface area contributed by atoms with Crippen molar-refractivity contribution in [1.82, 2.24) is 4.98 Å². The van der Waals surface area contributed by atoms with Gasteiger partial charge < -0.3 is 10.1 Å². The topological polar surface area (TPSA) is 34.2 Å². The highest BCUT2D eigenvalue weighted by molar-refractivity contribution is 5.36. The largest absolute Gasteiger partial charge is 0.381 e. The average molecular weight is 196 g/mol. The number of anilines is 1. The molecule has 0 saturated carbocycles. The molecule has 2 rings (SSSR count). The van der Waals surface area contributed by atoms with Crippen molar-refractivity contribution in [1.29, 1.82) is 0 Å². The van der Waals surface area contributed by atoms with E-state index >= 15 is 0 Å². The van der Waals surface area contributed by atoms with Crippen LogP contribution in [0.3, 0.4) is 0 Å². The quantitative estimate of drug-likeness (QED) is 0.783. The van der Waals surface area contributed by atoms with Gasteiger partial charge in [-0.05, 0) is 25.0 Å². The van der Waals surface area contributed by atoms with E-state index in [9.17, 15) is 4.39 Å². The first-order chi connectivity index (χ1) is 6.86. The van der Waals surface area contributed by atoms with E-state index in [2.05, 4.69) is 10.3 Å². The lowest BCUT2D eigenvalue weighted by Gasteiger charge is -2.23. The van der Waals surface area contributed by atoms with Crippen LogP contribution in [0, 0.1) is 5.82 Å². The second kappa shape index (κ2) is 4.37. The van der Waals surface area contributed by atoms with Gasteiger partial charge in [-0.15, -0.1) is 0 Å². The van der Waals surface area contributed by atoms with Gasteiger partial charge in [0.25, 0.3) is 0 Å². The van der Waals surface area contributed by atoms with Crippen LogP contribution >= 0.6 is 0 Å². The maximum atomic E-state index is 13.2. The summed E-state index contributed by atoms with van der Waals surface area (Å²) >= 11 is 0. The molecular weight excluding hydrogens is 183 g/mol. The molecule has 1 aliphatic heterocycles. The van der Waals surface area contributed by atoms with Gasteiger partial charge in [0.15, 0.2) is 11.6 Å². The zero-order chi connectivity index (χ0) is 9.80. The second-order valence-electron chi connectivity index (χ2n) is 3.36. The van der Waals surface area contributed by atoms with Gasteiger partial charge in [-0.3, -0.25) is 0 Å². The summed E-state index contributed by atoms with van der Waals surface area (Å²) in [6, 6.07) is 3.28. The molecule has 76 valence electrons. The van der Waals surface area contributed by atoms with Crippen LogP contribution in [-0.2, 0) is 4.74 Å². The van der Waals surface area contributed by atoms with E-state index in [1.807, 2.05) is 0 Å². The Morgan fingerprint density at radius 3 is 2.93 bits per heavy atom. The van der Waals surface area contributed by atoms with Crippen LogP contribution < -0.4 is 5.32 Å². The summed E-state index contributed by atoms with van der Waals surface area (Å²) in [5.41, 5.74) is 0. The Kier molecular flexibility index (Phi) is 2.93. The minimum absolute atomic E-state index is 0.285. The molecule has 2 heterocycles. The van der Waals surface area contributed by atoms with Gasteiger partial charge in [-0.2, -0.15) is 0 Å². The van der Waals surface area contributed by atoms with Gasteiger partial charge in [-0.25, -0.2) is 9.37 Å². The van der Waals surface area contributed by atoms with Gasteiger partial charge in [0.1, 0.15) is 0 Å². The van der Waals surface area contributed by atoms with Crippen molar-refractivity contribution in [3.63, 3.8) is 0 Å². The van der Waals surface area contributed by atoms with Gasteiger partial charge >= 0.3 is 0 Å². The van der Waals surface area contributed by atoms with Crippen molar-refractivity contribution in [2.75, 3.05) is 18.5 Å². The Labute approximate surface area is 82.3 Å². The van der Waals surface area contributed by atoms with Crippen LogP contribution in [0.25, 0.3) is 0 Å². The van der Waals surface area contributed by atoms with Crippen LogP contribution in [0.5, 0.6) is 0 Å². The number of hydrogen-bond donors (Lipinski definition) is 1. The fourth-order valence-electron chi connectivity index (χ4n) is 1.53. The van der Waals surface area contributed by atoms with Gasteiger partial charge in [0, 0.05) is 25.5 Å². The molecule has 1 aromatic rings. The highest BCUT2D eigenvalue weighted by Crippen LogP contribution is 2.15. The maximum absolute atomic E-state index is 13.2. The number of hydrogen-bond acceptors (Lipinski definition) is 3. The Morgan fingerprint density at radius 1 is 1.43 bits per heavy atom. The molecule has 1 saturated heterocycles. The molecule has 1 aliphatic rings. The minimum Gasteiger partial charge on any atom is -0.381 e. The van der Waals surface area contributed by atoms with Crippen molar-refractivity contribution in [2.24, 2.45) is 0 Å². The SMILES string of the molecule is Fc1cccnc1NC1CCOCC1.